The molecule has 0 atom stereocenters. The van der Waals surface area contributed by atoms with Crippen LogP contribution in [-0.2, 0) is 0 Å². The van der Waals surface area contributed by atoms with Crippen molar-refractivity contribution in [2.24, 2.45) is 11.3 Å². The molecule has 1 rings (SSSR count). The Hall–Kier alpha value is -0.0800. The summed E-state index contributed by atoms with van der Waals surface area (Å²) < 4.78 is 0. The number of hydrogen-bond acceptors (Lipinski definition) is 2. The Balaban J connectivity index is 2.54. The molecule has 1 aliphatic heterocycles. The van der Waals surface area contributed by atoms with Crippen LogP contribution in [0.1, 0.15) is 47.0 Å². The number of piperidine rings is 1. The monoisotopic (exact) mass is 199 g/mol. The fraction of sp³-hybridized carbons (Fsp3) is 1.00. The average Bonchev–Trinajstić information content (AvgIpc) is 2.01. The van der Waals surface area contributed by atoms with Gasteiger partial charge in [0.15, 0.2) is 0 Å². The van der Waals surface area contributed by atoms with Crippen LogP contribution in [-0.4, -0.2) is 23.8 Å². The lowest BCUT2D eigenvalue weighted by atomic mass is 9.69. The third-order valence-electron chi connectivity index (χ3n) is 3.33. The first-order chi connectivity index (χ1) is 6.31. The van der Waals surface area contributed by atoms with E-state index in [0.717, 1.165) is 25.4 Å². The fourth-order valence-electron chi connectivity index (χ4n) is 2.86. The van der Waals surface area contributed by atoms with E-state index in [0.29, 0.717) is 0 Å². The summed E-state index contributed by atoms with van der Waals surface area (Å²) in [4.78, 5) is 0. The Morgan fingerprint density at radius 1 is 1.14 bits per heavy atom. The van der Waals surface area contributed by atoms with Crippen molar-refractivity contribution in [3.63, 3.8) is 0 Å². The zero-order valence-electron chi connectivity index (χ0n) is 10.1. The van der Waals surface area contributed by atoms with Gasteiger partial charge in [-0.05, 0) is 57.5 Å². The molecule has 2 nitrogen and oxygen atoms in total. The van der Waals surface area contributed by atoms with E-state index >= 15 is 0 Å². The molecular formula is C12H25NO. The van der Waals surface area contributed by atoms with Crippen molar-refractivity contribution in [2.45, 2.75) is 52.6 Å². The van der Waals surface area contributed by atoms with Gasteiger partial charge in [0.2, 0.25) is 0 Å². The maximum absolute atomic E-state index is 9.87. The molecule has 0 aromatic rings. The van der Waals surface area contributed by atoms with Crippen LogP contribution in [0.4, 0.5) is 0 Å². The third-order valence-corrected chi connectivity index (χ3v) is 3.33. The van der Waals surface area contributed by atoms with Crippen molar-refractivity contribution in [3.8, 4) is 0 Å². The quantitative estimate of drug-likeness (QED) is 0.730. The lowest BCUT2D eigenvalue weighted by Crippen LogP contribution is -2.39. The van der Waals surface area contributed by atoms with Gasteiger partial charge in [-0.15, -0.1) is 0 Å². The molecule has 1 aliphatic rings. The van der Waals surface area contributed by atoms with Crippen LogP contribution in [0.15, 0.2) is 0 Å². The highest BCUT2D eigenvalue weighted by Crippen LogP contribution is 2.39. The molecule has 1 heterocycles. The first-order valence-corrected chi connectivity index (χ1v) is 5.74. The average molecular weight is 199 g/mol. The molecule has 0 spiro atoms. The van der Waals surface area contributed by atoms with Gasteiger partial charge in [0, 0.05) is 0 Å². The van der Waals surface area contributed by atoms with Crippen molar-refractivity contribution >= 4 is 0 Å². The van der Waals surface area contributed by atoms with E-state index in [4.69, 9.17) is 0 Å². The van der Waals surface area contributed by atoms with Crippen LogP contribution >= 0.6 is 0 Å². The molecule has 2 N–H and O–H groups in total. The van der Waals surface area contributed by atoms with E-state index in [1.54, 1.807) is 0 Å². The second-order valence-electron chi connectivity index (χ2n) is 6.00. The second kappa shape index (κ2) is 4.19. The Morgan fingerprint density at radius 3 is 2.07 bits per heavy atom. The Labute approximate surface area is 88.1 Å². The molecular weight excluding hydrogens is 174 g/mol. The van der Waals surface area contributed by atoms with Gasteiger partial charge in [0.1, 0.15) is 0 Å². The Morgan fingerprint density at radius 2 is 1.64 bits per heavy atom. The maximum atomic E-state index is 9.87. The van der Waals surface area contributed by atoms with E-state index < -0.39 is 5.60 Å². The number of rotatable bonds is 3. The van der Waals surface area contributed by atoms with Crippen molar-refractivity contribution in [3.05, 3.63) is 0 Å². The highest BCUT2D eigenvalue weighted by atomic mass is 16.3. The van der Waals surface area contributed by atoms with E-state index in [-0.39, 0.29) is 5.41 Å². The summed E-state index contributed by atoms with van der Waals surface area (Å²) in [6.07, 6.45) is 3.40. The summed E-state index contributed by atoms with van der Waals surface area (Å²) in [5, 5.41) is 13.3. The lowest BCUT2D eigenvalue weighted by molar-refractivity contribution is 0.00491. The molecule has 0 aromatic carbocycles. The number of aliphatic hydroxyl groups is 1. The van der Waals surface area contributed by atoms with Crippen LogP contribution in [0.3, 0.4) is 0 Å². The van der Waals surface area contributed by atoms with Crippen LogP contribution in [0.2, 0.25) is 0 Å². The summed E-state index contributed by atoms with van der Waals surface area (Å²) in [7, 11) is 0. The standard InChI is InChI=1S/C12H25NO/c1-11(2,9-12(3,4)14)10-5-7-13-8-6-10/h10,13-14H,5-9H2,1-4H3. The van der Waals surface area contributed by atoms with Gasteiger partial charge in [0.05, 0.1) is 5.60 Å². The highest BCUT2D eigenvalue weighted by molar-refractivity contribution is 4.86. The van der Waals surface area contributed by atoms with Crippen LogP contribution in [0.5, 0.6) is 0 Å². The minimum atomic E-state index is -0.533. The molecule has 14 heavy (non-hydrogen) atoms. The van der Waals surface area contributed by atoms with Gasteiger partial charge in [-0.2, -0.15) is 0 Å². The molecule has 0 amide bonds. The number of hydrogen-bond donors (Lipinski definition) is 2. The van der Waals surface area contributed by atoms with E-state index in [1.165, 1.54) is 12.8 Å². The van der Waals surface area contributed by atoms with Gasteiger partial charge >= 0.3 is 0 Å². The predicted octanol–water partition coefficient (Wildman–Crippen LogP) is 2.17. The largest absolute Gasteiger partial charge is 0.390 e. The van der Waals surface area contributed by atoms with Gasteiger partial charge in [-0.1, -0.05) is 13.8 Å². The Bertz CT molecular complexity index is 175. The molecule has 0 unspecified atom stereocenters. The first kappa shape index (κ1) is 12.0. The van der Waals surface area contributed by atoms with Crippen LogP contribution in [0, 0.1) is 11.3 Å². The van der Waals surface area contributed by atoms with Gasteiger partial charge < -0.3 is 10.4 Å². The summed E-state index contributed by atoms with van der Waals surface area (Å²) in [6.45, 7) is 10.7. The predicted molar refractivity (Wildman–Crippen MR) is 60.3 cm³/mol. The van der Waals surface area contributed by atoms with E-state index in [1.807, 2.05) is 13.8 Å². The third kappa shape index (κ3) is 3.58. The molecule has 84 valence electrons. The molecule has 0 bridgehead atoms. The molecule has 2 heteroatoms. The zero-order chi connectivity index (χ0) is 10.8. The van der Waals surface area contributed by atoms with Crippen molar-refractivity contribution in [2.75, 3.05) is 13.1 Å². The molecule has 0 aromatic heterocycles. The summed E-state index contributed by atoms with van der Waals surface area (Å²) >= 11 is 0. The van der Waals surface area contributed by atoms with Gasteiger partial charge in [0.25, 0.3) is 0 Å². The number of nitrogens with one attached hydrogen (secondary N) is 1. The lowest BCUT2D eigenvalue weighted by Gasteiger charge is -2.40. The SMILES string of the molecule is CC(C)(O)CC(C)(C)C1CCNCC1. The van der Waals surface area contributed by atoms with Gasteiger partial charge in [-0.3, -0.25) is 0 Å². The molecule has 0 saturated carbocycles. The second-order valence-corrected chi connectivity index (χ2v) is 6.00. The molecule has 0 radical (unpaired) electrons. The zero-order valence-corrected chi connectivity index (χ0v) is 10.1. The minimum absolute atomic E-state index is 0.264. The maximum Gasteiger partial charge on any atom is 0.0597 e. The molecule has 0 aliphatic carbocycles. The summed E-state index contributed by atoms with van der Waals surface area (Å²) in [5.41, 5.74) is -0.269. The fourth-order valence-corrected chi connectivity index (χ4v) is 2.86. The van der Waals surface area contributed by atoms with Gasteiger partial charge in [-0.25, -0.2) is 0 Å². The molecule has 1 fully saturated rings. The van der Waals surface area contributed by atoms with E-state index in [2.05, 4.69) is 19.2 Å². The smallest absolute Gasteiger partial charge is 0.0597 e. The van der Waals surface area contributed by atoms with Crippen molar-refractivity contribution in [1.29, 1.82) is 0 Å². The first-order valence-electron chi connectivity index (χ1n) is 5.74. The minimum Gasteiger partial charge on any atom is -0.390 e. The highest BCUT2D eigenvalue weighted by Gasteiger charge is 2.34. The Kier molecular flexibility index (Phi) is 3.59. The normalized spacial score (nSPS) is 21.2. The topological polar surface area (TPSA) is 32.3 Å². The van der Waals surface area contributed by atoms with Crippen molar-refractivity contribution in [1.82, 2.24) is 5.32 Å². The van der Waals surface area contributed by atoms with E-state index in [9.17, 15) is 5.11 Å². The van der Waals surface area contributed by atoms with Crippen LogP contribution in [0.25, 0.3) is 0 Å². The van der Waals surface area contributed by atoms with Crippen molar-refractivity contribution < 1.29 is 5.11 Å². The molecule has 1 saturated heterocycles. The summed E-state index contributed by atoms with van der Waals surface area (Å²) in [6, 6.07) is 0. The summed E-state index contributed by atoms with van der Waals surface area (Å²) in [5.74, 6) is 0.759. The van der Waals surface area contributed by atoms with Crippen LogP contribution < -0.4 is 5.32 Å².